The molecule has 3 nitrogen and oxygen atoms in total. The topological polar surface area (TPSA) is 32.7 Å². The number of nitrogens with zero attached hydrogens (tertiary/aromatic N) is 1. The zero-order valence-corrected chi connectivity index (χ0v) is 14.8. The zero-order valence-electron chi connectivity index (χ0n) is 14.8. The van der Waals surface area contributed by atoms with Gasteiger partial charge >= 0.3 is 0 Å². The fraction of sp³-hybridized carbons (Fsp3) is 0.429. The summed E-state index contributed by atoms with van der Waals surface area (Å²) < 4.78 is 19.4. The molecule has 1 fully saturated rings. The van der Waals surface area contributed by atoms with Crippen LogP contribution < -0.4 is 0 Å². The molecule has 0 saturated carbocycles. The molecule has 2 aromatic carbocycles. The third-order valence-electron chi connectivity index (χ3n) is 4.68. The first-order valence-electron chi connectivity index (χ1n) is 8.89. The van der Waals surface area contributed by atoms with Gasteiger partial charge < -0.3 is 9.84 Å². The molecular weight excluding hydrogens is 317 g/mol. The Bertz CT molecular complexity index is 659. The van der Waals surface area contributed by atoms with Gasteiger partial charge in [-0.25, -0.2) is 4.39 Å². The summed E-state index contributed by atoms with van der Waals surface area (Å²) in [5.41, 5.74) is 2.11. The van der Waals surface area contributed by atoms with Crippen LogP contribution >= 0.6 is 0 Å². The van der Waals surface area contributed by atoms with Crippen LogP contribution in [0.15, 0.2) is 54.6 Å². The average molecular weight is 343 g/mol. The maximum Gasteiger partial charge on any atom is 0.123 e. The van der Waals surface area contributed by atoms with Gasteiger partial charge in [0.1, 0.15) is 12.0 Å². The molecule has 0 unspecified atom stereocenters. The highest BCUT2D eigenvalue weighted by atomic mass is 19.1. The summed E-state index contributed by atoms with van der Waals surface area (Å²) in [5.74, 6) is 0.160. The highest BCUT2D eigenvalue weighted by molar-refractivity contribution is 5.24. The van der Waals surface area contributed by atoms with E-state index < -0.39 is 6.23 Å². The number of ether oxygens (including phenoxy) is 1. The van der Waals surface area contributed by atoms with E-state index in [0.717, 1.165) is 11.1 Å². The van der Waals surface area contributed by atoms with E-state index in [2.05, 4.69) is 13.8 Å². The molecule has 0 spiro atoms. The first-order valence-corrected chi connectivity index (χ1v) is 8.89. The highest BCUT2D eigenvalue weighted by Gasteiger charge is 2.44. The lowest BCUT2D eigenvalue weighted by Gasteiger charge is -2.50. The summed E-state index contributed by atoms with van der Waals surface area (Å²) in [4.78, 5) is 2.04. The molecule has 0 bridgehead atoms. The Morgan fingerprint density at radius 3 is 2.44 bits per heavy atom. The average Bonchev–Trinajstić information content (AvgIpc) is 2.56. The van der Waals surface area contributed by atoms with Crippen LogP contribution in [0.4, 0.5) is 4.39 Å². The van der Waals surface area contributed by atoms with E-state index in [0.29, 0.717) is 25.5 Å². The second kappa shape index (κ2) is 8.09. The number of rotatable bonds is 7. The minimum Gasteiger partial charge on any atom is -0.378 e. The van der Waals surface area contributed by atoms with E-state index >= 15 is 0 Å². The van der Waals surface area contributed by atoms with Gasteiger partial charge in [-0.2, -0.15) is 0 Å². The lowest BCUT2D eigenvalue weighted by Crippen LogP contribution is -2.58. The van der Waals surface area contributed by atoms with Gasteiger partial charge in [0, 0.05) is 6.54 Å². The van der Waals surface area contributed by atoms with Crippen molar-refractivity contribution in [3.63, 3.8) is 0 Å². The van der Waals surface area contributed by atoms with Gasteiger partial charge in [-0.15, -0.1) is 0 Å². The summed E-state index contributed by atoms with van der Waals surface area (Å²) in [7, 11) is 0. The number of halogens is 1. The van der Waals surface area contributed by atoms with Crippen LogP contribution in [0, 0.1) is 11.7 Å². The molecule has 1 aliphatic rings. The predicted octanol–water partition coefficient (Wildman–Crippen LogP) is 4.13. The molecule has 1 heterocycles. The van der Waals surface area contributed by atoms with Gasteiger partial charge in [0.25, 0.3) is 0 Å². The normalized spacial score (nSPS) is 22.0. The summed E-state index contributed by atoms with van der Waals surface area (Å²) in [5, 5.41) is 10.5. The molecule has 25 heavy (non-hydrogen) atoms. The third kappa shape index (κ3) is 4.46. The number of aliphatic hydroxyl groups is 1. The maximum atomic E-state index is 13.3. The molecule has 134 valence electrons. The number of hydrogen-bond acceptors (Lipinski definition) is 3. The van der Waals surface area contributed by atoms with E-state index in [1.54, 1.807) is 12.1 Å². The van der Waals surface area contributed by atoms with Crippen molar-refractivity contribution in [2.24, 2.45) is 5.92 Å². The van der Waals surface area contributed by atoms with Gasteiger partial charge in [-0.05, 0) is 35.6 Å². The number of aliphatic hydroxyl groups excluding tert-OH is 1. The van der Waals surface area contributed by atoms with Crippen molar-refractivity contribution in [3.05, 3.63) is 71.5 Å². The minimum absolute atomic E-state index is 0.00696. The largest absolute Gasteiger partial charge is 0.378 e. The van der Waals surface area contributed by atoms with E-state index in [-0.39, 0.29) is 18.0 Å². The minimum atomic E-state index is -0.508. The van der Waals surface area contributed by atoms with Crippen LogP contribution in [-0.2, 0) is 11.3 Å². The first-order chi connectivity index (χ1) is 12.0. The van der Waals surface area contributed by atoms with Crippen LogP contribution in [-0.4, -0.2) is 28.9 Å². The standard InChI is InChI=1S/C21H26FNO2/c1-15(2)12-20(24)23-13-19(25-14-16-6-4-3-5-7-16)21(23)17-8-10-18(22)11-9-17/h3-11,15,19-21,24H,12-14H2,1-2H3/t19-,20+,21-/m1/s1. The Morgan fingerprint density at radius 1 is 1.12 bits per heavy atom. The molecule has 4 heteroatoms. The van der Waals surface area contributed by atoms with E-state index in [9.17, 15) is 9.50 Å². The van der Waals surface area contributed by atoms with E-state index in [4.69, 9.17) is 4.74 Å². The molecular formula is C21H26FNO2. The lowest BCUT2D eigenvalue weighted by molar-refractivity contribution is -0.177. The molecule has 0 radical (unpaired) electrons. The Morgan fingerprint density at radius 2 is 1.80 bits per heavy atom. The molecule has 1 aliphatic heterocycles. The van der Waals surface area contributed by atoms with Crippen molar-refractivity contribution in [2.75, 3.05) is 6.54 Å². The monoisotopic (exact) mass is 343 g/mol. The van der Waals surface area contributed by atoms with Gasteiger partial charge in [-0.1, -0.05) is 56.3 Å². The van der Waals surface area contributed by atoms with Gasteiger partial charge in [-0.3, -0.25) is 4.90 Å². The Kier molecular flexibility index (Phi) is 5.84. The van der Waals surface area contributed by atoms with Crippen LogP contribution in [0.5, 0.6) is 0 Å². The maximum absolute atomic E-state index is 13.3. The van der Waals surface area contributed by atoms with E-state index in [1.807, 2.05) is 35.2 Å². The number of benzene rings is 2. The summed E-state index contributed by atoms with van der Waals surface area (Å²) in [6.45, 7) is 5.42. The Labute approximate surface area is 149 Å². The molecule has 0 aromatic heterocycles. The Hall–Kier alpha value is -1.75. The van der Waals surface area contributed by atoms with Crippen LogP contribution in [0.1, 0.15) is 37.4 Å². The zero-order chi connectivity index (χ0) is 17.8. The fourth-order valence-electron chi connectivity index (χ4n) is 3.35. The molecule has 3 rings (SSSR count). The Balaban J connectivity index is 1.70. The number of likely N-dealkylation sites (tertiary alicyclic amines) is 1. The third-order valence-corrected chi connectivity index (χ3v) is 4.68. The van der Waals surface area contributed by atoms with Crippen molar-refractivity contribution in [3.8, 4) is 0 Å². The smallest absolute Gasteiger partial charge is 0.123 e. The number of hydrogen-bond donors (Lipinski definition) is 1. The van der Waals surface area contributed by atoms with E-state index in [1.165, 1.54) is 12.1 Å². The van der Waals surface area contributed by atoms with Gasteiger partial charge in [0.2, 0.25) is 0 Å². The lowest BCUT2D eigenvalue weighted by atomic mass is 9.90. The van der Waals surface area contributed by atoms with Crippen LogP contribution in [0.2, 0.25) is 0 Å². The first kappa shape index (κ1) is 18.1. The van der Waals surface area contributed by atoms with Crippen molar-refractivity contribution < 1.29 is 14.2 Å². The summed E-state index contributed by atoms with van der Waals surface area (Å²) in [6, 6.07) is 16.5. The predicted molar refractivity (Wildman–Crippen MR) is 96.3 cm³/mol. The molecule has 1 saturated heterocycles. The molecule has 3 atom stereocenters. The molecule has 2 aromatic rings. The molecule has 0 amide bonds. The van der Waals surface area contributed by atoms with Crippen LogP contribution in [0.3, 0.4) is 0 Å². The quantitative estimate of drug-likeness (QED) is 0.820. The van der Waals surface area contributed by atoms with Crippen molar-refractivity contribution >= 4 is 0 Å². The summed E-state index contributed by atoms with van der Waals surface area (Å²) in [6.07, 6.45) is 0.197. The van der Waals surface area contributed by atoms with Crippen molar-refractivity contribution in [2.45, 2.75) is 45.2 Å². The second-order valence-corrected chi connectivity index (χ2v) is 7.14. The SMILES string of the molecule is CC(C)C[C@H](O)N1C[C@@H](OCc2ccccc2)[C@H]1c1ccc(F)cc1. The molecule has 1 N–H and O–H groups in total. The van der Waals surface area contributed by atoms with Gasteiger partial charge in [0.05, 0.1) is 18.8 Å². The van der Waals surface area contributed by atoms with Gasteiger partial charge in [0.15, 0.2) is 0 Å². The summed E-state index contributed by atoms with van der Waals surface area (Å²) >= 11 is 0. The van der Waals surface area contributed by atoms with Crippen LogP contribution in [0.25, 0.3) is 0 Å². The van der Waals surface area contributed by atoms with Crippen molar-refractivity contribution in [1.29, 1.82) is 0 Å². The molecule has 0 aliphatic carbocycles. The highest BCUT2D eigenvalue weighted by Crippen LogP contribution is 2.38. The van der Waals surface area contributed by atoms with Crippen molar-refractivity contribution in [1.82, 2.24) is 4.90 Å². The second-order valence-electron chi connectivity index (χ2n) is 7.14. The fourth-order valence-corrected chi connectivity index (χ4v) is 3.35.